The van der Waals surface area contributed by atoms with Crippen LogP contribution in [-0.2, 0) is 0 Å². The molecule has 1 aromatic carbocycles. The van der Waals surface area contributed by atoms with Crippen LogP contribution in [0.4, 0.5) is 0 Å². The second kappa shape index (κ2) is 3.94. The molecule has 6 nitrogen and oxygen atoms in total. The molecule has 4 aromatic rings. The Hall–Kier alpha value is -2.60. The van der Waals surface area contributed by atoms with Crippen LogP contribution < -0.4 is 5.56 Å². The van der Waals surface area contributed by atoms with Crippen LogP contribution in [0.25, 0.3) is 33.3 Å². The molecule has 0 unspecified atom stereocenters. The fourth-order valence-electron chi connectivity index (χ4n) is 2.20. The van der Waals surface area contributed by atoms with Gasteiger partial charge in [-0.3, -0.25) is 4.79 Å². The lowest BCUT2D eigenvalue weighted by Crippen LogP contribution is -2.14. The molecule has 0 bridgehead atoms. The number of rotatable bonds is 1. The van der Waals surface area contributed by atoms with Crippen LogP contribution in [0.15, 0.2) is 41.5 Å². The number of nitrogens with one attached hydrogen (secondary N) is 2. The third-order valence-electron chi connectivity index (χ3n) is 3.18. The van der Waals surface area contributed by atoms with Gasteiger partial charge in [-0.05, 0) is 24.3 Å². The summed E-state index contributed by atoms with van der Waals surface area (Å²) < 4.78 is 0.996. The highest BCUT2D eigenvalue weighted by Gasteiger charge is 2.12. The number of hydrogen-bond donors (Lipinski definition) is 2. The van der Waals surface area contributed by atoms with E-state index in [1.807, 2.05) is 18.3 Å². The molecule has 0 amide bonds. The van der Waals surface area contributed by atoms with Crippen molar-refractivity contribution in [3.63, 3.8) is 0 Å². The van der Waals surface area contributed by atoms with E-state index in [9.17, 15) is 4.79 Å². The molecule has 0 saturated carbocycles. The van der Waals surface area contributed by atoms with Crippen LogP contribution >= 0.6 is 11.8 Å². The molecule has 0 aliphatic heterocycles. The number of halogens is 1. The van der Waals surface area contributed by atoms with Gasteiger partial charge in [-0.15, -0.1) is 0 Å². The third kappa shape index (κ3) is 1.55. The third-order valence-corrected chi connectivity index (χ3v) is 3.45. The molecule has 0 spiro atoms. The normalized spacial score (nSPS) is 11.4. The molecule has 2 N–H and O–H groups in total. The predicted molar refractivity (Wildman–Crippen MR) is 76.7 cm³/mol. The molecular formula is C13H8ClN5O. The van der Waals surface area contributed by atoms with Gasteiger partial charge in [0.2, 0.25) is 0 Å². The van der Waals surface area contributed by atoms with Crippen LogP contribution in [-0.4, -0.2) is 24.3 Å². The van der Waals surface area contributed by atoms with E-state index < -0.39 is 0 Å². The lowest BCUT2D eigenvalue weighted by Gasteiger charge is -1.96. The summed E-state index contributed by atoms with van der Waals surface area (Å²) in [6, 6.07) is 7.15. The van der Waals surface area contributed by atoms with Crippen LogP contribution in [0, 0.1) is 0 Å². The van der Waals surface area contributed by atoms with Crippen molar-refractivity contribution >= 4 is 33.7 Å². The standard InChI is InChI=1S/C13H8ClN5O/c14-19-3-1-2-8(13(19)20)12-16-10-4-7-6-15-18-9(7)5-11(10)17-12/h1-6,15,18H. The Labute approximate surface area is 117 Å². The number of aromatic amines is 2. The number of H-pyrrole nitrogens is 2. The van der Waals surface area contributed by atoms with Gasteiger partial charge in [-0.25, -0.2) is 14.1 Å². The minimum absolute atomic E-state index is 0.330. The Morgan fingerprint density at radius 1 is 1.20 bits per heavy atom. The van der Waals surface area contributed by atoms with E-state index in [4.69, 9.17) is 11.8 Å². The zero-order valence-electron chi connectivity index (χ0n) is 10.1. The van der Waals surface area contributed by atoms with Gasteiger partial charge in [0, 0.05) is 29.6 Å². The number of hydrogen-bond acceptors (Lipinski definition) is 3. The molecule has 0 aliphatic rings. The molecule has 4 rings (SSSR count). The van der Waals surface area contributed by atoms with Crippen LogP contribution in [0.2, 0.25) is 0 Å². The monoisotopic (exact) mass is 285 g/mol. The number of benzene rings is 1. The lowest BCUT2D eigenvalue weighted by atomic mass is 10.2. The Morgan fingerprint density at radius 3 is 2.85 bits per heavy atom. The summed E-state index contributed by atoms with van der Waals surface area (Å²) >= 11 is 5.77. The average Bonchev–Trinajstić information content (AvgIpc) is 3.04. The first-order valence-electron chi connectivity index (χ1n) is 5.94. The molecule has 3 heterocycles. The van der Waals surface area contributed by atoms with E-state index >= 15 is 0 Å². The second-order valence-electron chi connectivity index (χ2n) is 4.43. The van der Waals surface area contributed by atoms with Crippen LogP contribution in [0.5, 0.6) is 0 Å². The van der Waals surface area contributed by atoms with Gasteiger partial charge in [0.1, 0.15) is 0 Å². The lowest BCUT2D eigenvalue weighted by molar-refractivity contribution is 1.12. The van der Waals surface area contributed by atoms with Crippen molar-refractivity contribution in [1.29, 1.82) is 0 Å². The minimum Gasteiger partial charge on any atom is -0.307 e. The van der Waals surface area contributed by atoms with Crippen molar-refractivity contribution in [3.8, 4) is 11.4 Å². The molecule has 0 aliphatic carbocycles. The predicted octanol–water partition coefficient (Wildman–Crippen LogP) is 2.27. The Morgan fingerprint density at radius 2 is 2.00 bits per heavy atom. The molecular weight excluding hydrogens is 278 g/mol. The second-order valence-corrected chi connectivity index (χ2v) is 4.79. The van der Waals surface area contributed by atoms with Crippen molar-refractivity contribution in [3.05, 3.63) is 47.0 Å². The van der Waals surface area contributed by atoms with Gasteiger partial charge in [0.25, 0.3) is 5.56 Å². The maximum absolute atomic E-state index is 12.0. The largest absolute Gasteiger partial charge is 0.307 e. The highest BCUT2D eigenvalue weighted by atomic mass is 35.5. The quantitative estimate of drug-likeness (QED) is 0.563. The molecule has 20 heavy (non-hydrogen) atoms. The van der Waals surface area contributed by atoms with Gasteiger partial charge in [0.15, 0.2) is 5.82 Å². The summed E-state index contributed by atoms with van der Waals surface area (Å²) in [5.41, 5.74) is 2.46. The highest BCUT2D eigenvalue weighted by Crippen LogP contribution is 2.22. The molecule has 0 fully saturated rings. The number of imidazole rings is 1. The highest BCUT2D eigenvalue weighted by molar-refractivity contribution is 6.15. The van der Waals surface area contributed by atoms with E-state index in [0.717, 1.165) is 26.0 Å². The van der Waals surface area contributed by atoms with E-state index in [0.29, 0.717) is 11.4 Å². The summed E-state index contributed by atoms with van der Waals surface area (Å²) in [5, 5.41) is 6.92. The first-order valence-corrected chi connectivity index (χ1v) is 6.27. The smallest absolute Gasteiger partial charge is 0.276 e. The first-order chi connectivity index (χ1) is 9.72. The van der Waals surface area contributed by atoms with Crippen molar-refractivity contribution in [2.24, 2.45) is 0 Å². The molecule has 98 valence electrons. The van der Waals surface area contributed by atoms with Gasteiger partial charge < -0.3 is 10.2 Å². The van der Waals surface area contributed by atoms with Crippen molar-refractivity contribution in [1.82, 2.24) is 24.3 Å². The van der Waals surface area contributed by atoms with Crippen LogP contribution in [0.3, 0.4) is 0 Å². The Kier molecular flexibility index (Phi) is 2.22. The average molecular weight is 286 g/mol. The summed E-state index contributed by atoms with van der Waals surface area (Å²) in [6.45, 7) is 0. The van der Waals surface area contributed by atoms with Crippen molar-refractivity contribution < 1.29 is 0 Å². The van der Waals surface area contributed by atoms with Gasteiger partial charge in [0.05, 0.1) is 22.1 Å². The topological polar surface area (TPSA) is 79.4 Å². The van der Waals surface area contributed by atoms with Gasteiger partial charge >= 0.3 is 0 Å². The fraction of sp³-hybridized carbons (Fsp3) is 0. The number of nitrogens with zero attached hydrogens (tertiary/aromatic N) is 3. The summed E-state index contributed by atoms with van der Waals surface area (Å²) in [5.74, 6) is 0.386. The Bertz CT molecular complexity index is 949. The van der Waals surface area contributed by atoms with E-state index in [1.54, 1.807) is 12.1 Å². The maximum atomic E-state index is 12.0. The zero-order valence-corrected chi connectivity index (χ0v) is 10.8. The first kappa shape index (κ1) is 11.2. The van der Waals surface area contributed by atoms with E-state index in [1.165, 1.54) is 6.20 Å². The molecule has 0 radical (unpaired) electrons. The zero-order chi connectivity index (χ0) is 13.7. The molecule has 7 heteroatoms. The molecule has 0 saturated heterocycles. The minimum atomic E-state index is -0.330. The summed E-state index contributed by atoms with van der Waals surface area (Å²) in [7, 11) is 0. The van der Waals surface area contributed by atoms with E-state index in [-0.39, 0.29) is 5.56 Å². The van der Waals surface area contributed by atoms with Gasteiger partial charge in [-0.1, -0.05) is 0 Å². The van der Waals surface area contributed by atoms with Crippen molar-refractivity contribution in [2.75, 3.05) is 0 Å². The number of pyridine rings is 1. The molecule has 0 atom stereocenters. The van der Waals surface area contributed by atoms with Crippen molar-refractivity contribution in [2.45, 2.75) is 0 Å². The van der Waals surface area contributed by atoms with Crippen LogP contribution in [0.1, 0.15) is 0 Å². The van der Waals surface area contributed by atoms with Gasteiger partial charge in [-0.2, -0.15) is 0 Å². The fourth-order valence-corrected chi connectivity index (χ4v) is 2.36. The Balaban J connectivity index is 2.00. The number of fused-ring (bicyclic) bond motifs is 2. The maximum Gasteiger partial charge on any atom is 0.276 e. The number of aromatic nitrogens is 5. The summed E-state index contributed by atoms with van der Waals surface area (Å²) in [4.78, 5) is 20.8. The summed E-state index contributed by atoms with van der Waals surface area (Å²) in [6.07, 6.45) is 3.33. The molecule has 3 aromatic heterocycles. The SMILES string of the molecule is O=c1c(-c2nc3cc4c[nH][nH]c4cc3n2)cccn1Cl. The van der Waals surface area contributed by atoms with E-state index in [2.05, 4.69) is 20.2 Å².